The maximum Gasteiger partial charge on any atom is 0.252 e. The third kappa shape index (κ3) is 10.2. The predicted molar refractivity (Wildman–Crippen MR) is 127 cm³/mol. The van der Waals surface area contributed by atoms with Crippen molar-refractivity contribution in [2.75, 3.05) is 33.3 Å². The van der Waals surface area contributed by atoms with E-state index in [1.54, 1.807) is 31.6 Å². The topological polar surface area (TPSA) is 87.6 Å². The van der Waals surface area contributed by atoms with Crippen molar-refractivity contribution < 1.29 is 9.53 Å². The summed E-state index contributed by atoms with van der Waals surface area (Å²) in [4.78, 5) is 20.1. The minimum absolute atomic E-state index is 0. The van der Waals surface area contributed by atoms with Crippen molar-refractivity contribution in [3.05, 3.63) is 66.0 Å². The summed E-state index contributed by atoms with van der Waals surface area (Å²) < 4.78 is 5.76. The highest BCUT2D eigenvalue weighted by atomic mass is 127. The number of halogens is 1. The summed E-state index contributed by atoms with van der Waals surface area (Å²) in [6.45, 7) is 5.22. The number of amides is 1. The van der Waals surface area contributed by atoms with Crippen LogP contribution in [0.1, 0.15) is 22.8 Å². The molecule has 0 aliphatic rings. The van der Waals surface area contributed by atoms with Crippen LogP contribution in [0.15, 0.2) is 59.9 Å². The van der Waals surface area contributed by atoms with E-state index in [-0.39, 0.29) is 29.9 Å². The fraction of sp³-hybridized carbons (Fsp3) is 0.381. The van der Waals surface area contributed by atoms with Gasteiger partial charge in [-0.05, 0) is 23.6 Å². The van der Waals surface area contributed by atoms with Gasteiger partial charge in [0.25, 0.3) is 5.91 Å². The summed E-state index contributed by atoms with van der Waals surface area (Å²) in [6, 6.07) is 13.6. The largest absolute Gasteiger partial charge is 0.376 e. The number of nitrogens with zero attached hydrogens (tertiary/aromatic N) is 2. The number of guanidine groups is 1. The third-order valence-electron chi connectivity index (χ3n) is 3.98. The molecule has 1 aromatic heterocycles. The number of pyridine rings is 1. The van der Waals surface area contributed by atoms with Crippen LogP contribution in [0.4, 0.5) is 0 Å². The smallest absolute Gasteiger partial charge is 0.252 e. The van der Waals surface area contributed by atoms with Gasteiger partial charge in [-0.2, -0.15) is 0 Å². The lowest BCUT2D eigenvalue weighted by molar-refractivity contribution is 0.0930. The molecular formula is C21H30IN5O2. The zero-order chi connectivity index (χ0) is 20.0. The number of hydrogen-bond acceptors (Lipinski definition) is 4. The van der Waals surface area contributed by atoms with Crippen LogP contribution in [-0.2, 0) is 11.3 Å². The van der Waals surface area contributed by atoms with Crippen molar-refractivity contribution in [3.8, 4) is 0 Å². The van der Waals surface area contributed by atoms with Crippen molar-refractivity contribution in [2.24, 2.45) is 10.9 Å². The van der Waals surface area contributed by atoms with Gasteiger partial charge in [0.1, 0.15) is 0 Å². The van der Waals surface area contributed by atoms with E-state index in [1.165, 1.54) is 5.56 Å². The summed E-state index contributed by atoms with van der Waals surface area (Å²) in [5.74, 6) is 0.903. The fourth-order valence-corrected chi connectivity index (χ4v) is 2.46. The van der Waals surface area contributed by atoms with Crippen LogP contribution in [0, 0.1) is 5.92 Å². The molecule has 1 atom stereocenters. The summed E-state index contributed by atoms with van der Waals surface area (Å²) in [7, 11) is 1.72. The molecule has 158 valence electrons. The Bertz CT molecular complexity index is 728. The molecule has 1 unspecified atom stereocenters. The lowest BCUT2D eigenvalue weighted by Gasteiger charge is -2.16. The molecule has 0 bridgehead atoms. The molecule has 0 spiro atoms. The summed E-state index contributed by atoms with van der Waals surface area (Å²) >= 11 is 0. The van der Waals surface area contributed by atoms with Crippen LogP contribution in [0.25, 0.3) is 0 Å². The van der Waals surface area contributed by atoms with Crippen LogP contribution in [0.2, 0.25) is 0 Å². The highest BCUT2D eigenvalue weighted by Gasteiger charge is 2.06. The number of aliphatic imine (C=N–C) groups is 1. The lowest BCUT2D eigenvalue weighted by atomic mass is 10.2. The average Bonchev–Trinajstić information content (AvgIpc) is 2.74. The van der Waals surface area contributed by atoms with Crippen molar-refractivity contribution in [1.29, 1.82) is 0 Å². The molecule has 1 heterocycles. The van der Waals surface area contributed by atoms with E-state index in [2.05, 4.69) is 45.0 Å². The molecule has 7 nitrogen and oxygen atoms in total. The third-order valence-corrected chi connectivity index (χ3v) is 3.98. The van der Waals surface area contributed by atoms with Gasteiger partial charge in [-0.3, -0.25) is 14.8 Å². The van der Waals surface area contributed by atoms with Gasteiger partial charge in [-0.1, -0.05) is 37.3 Å². The number of carbonyl (C=O) groups excluding carboxylic acids is 1. The van der Waals surface area contributed by atoms with Crippen LogP contribution < -0.4 is 16.0 Å². The summed E-state index contributed by atoms with van der Waals surface area (Å²) in [6.07, 6.45) is 3.19. The standard InChI is InChI=1S/C21H29N5O2.HI/c1-17(15-28-16-18-7-4-3-5-8-18)13-26-21(22-2)25-12-11-24-20(27)19-9-6-10-23-14-19;/h3-10,14,17H,11-13,15-16H2,1-2H3,(H,24,27)(H2,22,25,26);1H. The molecule has 0 aliphatic carbocycles. The van der Waals surface area contributed by atoms with E-state index in [1.807, 2.05) is 18.2 Å². The normalized spacial score (nSPS) is 11.9. The van der Waals surface area contributed by atoms with E-state index in [0.29, 0.717) is 43.7 Å². The van der Waals surface area contributed by atoms with Gasteiger partial charge >= 0.3 is 0 Å². The van der Waals surface area contributed by atoms with Gasteiger partial charge in [-0.25, -0.2) is 0 Å². The molecule has 2 aromatic rings. The molecule has 0 saturated heterocycles. The number of rotatable bonds is 10. The molecule has 1 aromatic carbocycles. The van der Waals surface area contributed by atoms with E-state index in [9.17, 15) is 4.79 Å². The Morgan fingerprint density at radius 2 is 1.86 bits per heavy atom. The van der Waals surface area contributed by atoms with E-state index < -0.39 is 0 Å². The SMILES string of the molecule is CN=C(NCCNC(=O)c1cccnc1)NCC(C)COCc1ccccc1.I. The molecule has 8 heteroatoms. The number of aromatic nitrogens is 1. The minimum atomic E-state index is -0.137. The van der Waals surface area contributed by atoms with Gasteiger partial charge < -0.3 is 20.7 Å². The number of ether oxygens (including phenoxy) is 1. The van der Waals surface area contributed by atoms with Crippen LogP contribution in [0.5, 0.6) is 0 Å². The van der Waals surface area contributed by atoms with Gasteiger partial charge in [-0.15, -0.1) is 24.0 Å². The van der Waals surface area contributed by atoms with Gasteiger partial charge in [0.15, 0.2) is 5.96 Å². The quantitative estimate of drug-likeness (QED) is 0.198. The van der Waals surface area contributed by atoms with Crippen LogP contribution in [0.3, 0.4) is 0 Å². The Morgan fingerprint density at radius 3 is 2.55 bits per heavy atom. The molecule has 0 fully saturated rings. The molecule has 0 saturated carbocycles. The highest BCUT2D eigenvalue weighted by molar-refractivity contribution is 14.0. The molecule has 0 radical (unpaired) electrons. The Kier molecular flexibility index (Phi) is 12.6. The van der Waals surface area contributed by atoms with E-state index in [4.69, 9.17) is 4.74 Å². The molecule has 0 aliphatic heterocycles. The zero-order valence-corrected chi connectivity index (χ0v) is 19.3. The lowest BCUT2D eigenvalue weighted by Crippen LogP contribution is -2.43. The van der Waals surface area contributed by atoms with Crippen molar-refractivity contribution in [2.45, 2.75) is 13.5 Å². The Balaban J connectivity index is 0.00000420. The second kappa shape index (κ2) is 14.7. The number of nitrogens with one attached hydrogen (secondary N) is 3. The molecule has 2 rings (SSSR count). The first-order chi connectivity index (χ1) is 13.7. The van der Waals surface area contributed by atoms with Gasteiger partial charge in [0.2, 0.25) is 0 Å². The second-order valence-corrected chi connectivity index (χ2v) is 6.48. The van der Waals surface area contributed by atoms with Gasteiger partial charge in [0, 0.05) is 39.1 Å². The van der Waals surface area contributed by atoms with E-state index >= 15 is 0 Å². The van der Waals surface area contributed by atoms with Crippen molar-refractivity contribution >= 4 is 35.8 Å². The zero-order valence-electron chi connectivity index (χ0n) is 16.9. The second-order valence-electron chi connectivity index (χ2n) is 6.48. The van der Waals surface area contributed by atoms with Crippen molar-refractivity contribution in [3.63, 3.8) is 0 Å². The van der Waals surface area contributed by atoms with Crippen LogP contribution >= 0.6 is 24.0 Å². The first-order valence-corrected chi connectivity index (χ1v) is 9.43. The highest BCUT2D eigenvalue weighted by Crippen LogP contribution is 2.02. The summed E-state index contributed by atoms with van der Waals surface area (Å²) in [5, 5.41) is 9.30. The van der Waals surface area contributed by atoms with Gasteiger partial charge in [0.05, 0.1) is 18.8 Å². The number of benzene rings is 1. The van der Waals surface area contributed by atoms with Crippen LogP contribution in [-0.4, -0.2) is 50.1 Å². The Morgan fingerprint density at radius 1 is 1.10 bits per heavy atom. The maximum atomic E-state index is 11.9. The fourth-order valence-electron chi connectivity index (χ4n) is 2.46. The number of carbonyl (C=O) groups is 1. The maximum absolute atomic E-state index is 11.9. The first-order valence-electron chi connectivity index (χ1n) is 9.43. The monoisotopic (exact) mass is 511 g/mol. The van der Waals surface area contributed by atoms with E-state index in [0.717, 1.165) is 6.54 Å². The average molecular weight is 511 g/mol. The Hall–Kier alpha value is -2.20. The predicted octanol–water partition coefficient (Wildman–Crippen LogP) is 2.45. The van der Waals surface area contributed by atoms with Crippen molar-refractivity contribution in [1.82, 2.24) is 20.9 Å². The first kappa shape index (κ1) is 24.8. The molecular weight excluding hydrogens is 481 g/mol. The molecule has 29 heavy (non-hydrogen) atoms. The Labute approximate surface area is 189 Å². The minimum Gasteiger partial charge on any atom is -0.376 e. The number of hydrogen-bond donors (Lipinski definition) is 3. The molecule has 1 amide bonds. The molecule has 3 N–H and O–H groups in total. The summed E-state index contributed by atoms with van der Waals surface area (Å²) in [5.41, 5.74) is 1.72.